The first-order valence-corrected chi connectivity index (χ1v) is 6.66. The molecule has 1 heterocycles. The number of benzene rings is 1. The summed E-state index contributed by atoms with van der Waals surface area (Å²) >= 11 is 5.04. The van der Waals surface area contributed by atoms with Crippen LogP contribution in [0.3, 0.4) is 0 Å². The van der Waals surface area contributed by atoms with Gasteiger partial charge in [-0.05, 0) is 24.0 Å². The molecule has 2 N–H and O–H groups in total. The van der Waals surface area contributed by atoms with Crippen molar-refractivity contribution in [3.8, 4) is 0 Å². The third-order valence-corrected chi connectivity index (χ3v) is 3.93. The molecule has 1 unspecified atom stereocenters. The van der Waals surface area contributed by atoms with Crippen LogP contribution in [0.15, 0.2) is 24.3 Å². The summed E-state index contributed by atoms with van der Waals surface area (Å²) in [5.74, 6) is 0.311. The van der Waals surface area contributed by atoms with Crippen molar-refractivity contribution in [3.05, 3.63) is 35.4 Å². The van der Waals surface area contributed by atoms with Gasteiger partial charge in [0.15, 0.2) is 0 Å². The van der Waals surface area contributed by atoms with Crippen molar-refractivity contribution in [2.24, 2.45) is 11.7 Å². The number of hydrogen-bond donors (Lipinski definition) is 1. The van der Waals surface area contributed by atoms with Crippen molar-refractivity contribution in [1.82, 2.24) is 4.90 Å². The van der Waals surface area contributed by atoms with Crippen LogP contribution in [0.2, 0.25) is 0 Å². The van der Waals surface area contributed by atoms with Gasteiger partial charge in [-0.25, -0.2) is 0 Å². The summed E-state index contributed by atoms with van der Waals surface area (Å²) in [6, 6.07) is 8.75. The van der Waals surface area contributed by atoms with Gasteiger partial charge in [0.05, 0.1) is 4.99 Å². The second-order valence-electron chi connectivity index (χ2n) is 4.87. The summed E-state index contributed by atoms with van der Waals surface area (Å²) in [7, 11) is 0. The molecule has 3 heteroatoms. The van der Waals surface area contributed by atoms with E-state index < -0.39 is 0 Å². The van der Waals surface area contributed by atoms with Crippen molar-refractivity contribution < 1.29 is 0 Å². The predicted octanol–water partition coefficient (Wildman–Crippen LogP) is 2.01. The van der Waals surface area contributed by atoms with Crippen LogP contribution in [0.1, 0.15) is 18.1 Å². The van der Waals surface area contributed by atoms with Crippen molar-refractivity contribution in [2.45, 2.75) is 19.8 Å². The van der Waals surface area contributed by atoms with Crippen LogP contribution >= 0.6 is 12.2 Å². The third kappa shape index (κ3) is 3.27. The first-order valence-electron chi connectivity index (χ1n) is 6.25. The second-order valence-corrected chi connectivity index (χ2v) is 5.34. The molecule has 0 saturated carbocycles. The van der Waals surface area contributed by atoms with Gasteiger partial charge >= 0.3 is 0 Å². The van der Waals surface area contributed by atoms with Gasteiger partial charge in [-0.15, -0.1) is 0 Å². The zero-order chi connectivity index (χ0) is 12.3. The molecule has 0 amide bonds. The highest BCUT2D eigenvalue weighted by Gasteiger charge is 2.16. The average molecular weight is 248 g/mol. The fourth-order valence-corrected chi connectivity index (χ4v) is 2.45. The molecule has 0 aromatic heterocycles. The molecule has 1 aromatic rings. The van der Waals surface area contributed by atoms with E-state index in [2.05, 4.69) is 36.1 Å². The smallest absolute Gasteiger partial charge is 0.0768 e. The Morgan fingerprint density at radius 2 is 1.82 bits per heavy atom. The molecule has 17 heavy (non-hydrogen) atoms. The number of fused-ring (bicyclic) bond motifs is 1. The lowest BCUT2D eigenvalue weighted by atomic mass is 10.0. The molecule has 1 atom stereocenters. The van der Waals surface area contributed by atoms with Gasteiger partial charge in [-0.1, -0.05) is 43.4 Å². The normalized spacial score (nSPS) is 18.2. The maximum Gasteiger partial charge on any atom is 0.0768 e. The zero-order valence-corrected chi connectivity index (χ0v) is 11.2. The Morgan fingerprint density at radius 3 is 2.29 bits per heavy atom. The molecule has 2 nitrogen and oxygen atoms in total. The molecular formula is C14H20N2S. The summed E-state index contributed by atoms with van der Waals surface area (Å²) < 4.78 is 0. The van der Waals surface area contributed by atoms with Gasteiger partial charge in [0.1, 0.15) is 0 Å². The lowest BCUT2D eigenvalue weighted by Crippen LogP contribution is -2.35. The van der Waals surface area contributed by atoms with Crippen molar-refractivity contribution in [2.75, 3.05) is 19.6 Å². The summed E-state index contributed by atoms with van der Waals surface area (Å²) in [6.07, 6.45) is 2.28. The molecule has 0 bridgehead atoms. The molecule has 0 radical (unpaired) electrons. The van der Waals surface area contributed by atoms with Gasteiger partial charge < -0.3 is 10.6 Å². The largest absolute Gasteiger partial charge is 0.393 e. The van der Waals surface area contributed by atoms with E-state index in [-0.39, 0.29) is 0 Å². The van der Waals surface area contributed by atoms with Gasteiger partial charge in [0.2, 0.25) is 0 Å². The molecule has 1 aliphatic heterocycles. The van der Waals surface area contributed by atoms with E-state index in [0.717, 1.165) is 32.5 Å². The molecule has 0 aliphatic carbocycles. The van der Waals surface area contributed by atoms with E-state index in [4.69, 9.17) is 18.0 Å². The Bertz CT molecular complexity index is 376. The number of nitrogens with zero attached hydrogens (tertiary/aromatic N) is 1. The second kappa shape index (κ2) is 5.61. The first kappa shape index (κ1) is 12.5. The Labute approximate surface area is 109 Å². The van der Waals surface area contributed by atoms with Gasteiger partial charge in [-0.2, -0.15) is 0 Å². The van der Waals surface area contributed by atoms with Crippen LogP contribution in [0.25, 0.3) is 0 Å². The molecule has 1 aliphatic rings. The lowest BCUT2D eigenvalue weighted by molar-refractivity contribution is 0.271. The molecule has 1 aromatic carbocycles. The minimum Gasteiger partial charge on any atom is -0.393 e. The van der Waals surface area contributed by atoms with E-state index in [0.29, 0.717) is 10.9 Å². The standard InChI is InChI=1S/C14H20N2S/c1-11(14(15)17)10-16-8-6-12-4-2-3-5-13(12)7-9-16/h2-5,11H,6-10H2,1H3,(H2,15,17). The third-order valence-electron chi connectivity index (χ3n) is 3.53. The SMILES string of the molecule is CC(CN1CCc2ccccc2CC1)C(N)=S. The van der Waals surface area contributed by atoms with Gasteiger partial charge in [-0.3, -0.25) is 0 Å². The van der Waals surface area contributed by atoms with Crippen LogP contribution < -0.4 is 5.73 Å². The molecule has 2 rings (SSSR count). The minimum atomic E-state index is 0.311. The zero-order valence-electron chi connectivity index (χ0n) is 10.4. The molecule has 0 spiro atoms. The van der Waals surface area contributed by atoms with Gasteiger partial charge in [0.25, 0.3) is 0 Å². The number of rotatable bonds is 3. The quantitative estimate of drug-likeness (QED) is 0.830. The van der Waals surface area contributed by atoms with E-state index >= 15 is 0 Å². The maximum atomic E-state index is 5.68. The van der Waals surface area contributed by atoms with Crippen LogP contribution in [0.4, 0.5) is 0 Å². The Balaban J connectivity index is 1.97. The van der Waals surface area contributed by atoms with E-state index in [1.54, 1.807) is 0 Å². The molecule has 0 fully saturated rings. The maximum absolute atomic E-state index is 5.68. The molecule has 0 saturated heterocycles. The van der Waals surface area contributed by atoms with E-state index in [9.17, 15) is 0 Å². The topological polar surface area (TPSA) is 29.3 Å². The van der Waals surface area contributed by atoms with Crippen molar-refractivity contribution >= 4 is 17.2 Å². The summed E-state index contributed by atoms with van der Waals surface area (Å²) in [4.78, 5) is 3.11. The van der Waals surface area contributed by atoms with E-state index in [1.807, 2.05) is 0 Å². The fraction of sp³-hybridized carbons (Fsp3) is 0.500. The highest BCUT2D eigenvalue weighted by atomic mass is 32.1. The van der Waals surface area contributed by atoms with Crippen LogP contribution in [-0.2, 0) is 12.8 Å². The molecule has 92 valence electrons. The average Bonchev–Trinajstić information content (AvgIpc) is 2.52. The monoisotopic (exact) mass is 248 g/mol. The Morgan fingerprint density at radius 1 is 1.29 bits per heavy atom. The van der Waals surface area contributed by atoms with Crippen LogP contribution in [0, 0.1) is 5.92 Å². The summed E-state index contributed by atoms with van der Waals surface area (Å²) in [5, 5.41) is 0. The number of thiocarbonyl (C=S) groups is 1. The predicted molar refractivity (Wildman–Crippen MR) is 76.2 cm³/mol. The summed E-state index contributed by atoms with van der Waals surface area (Å²) in [5.41, 5.74) is 8.68. The Hall–Kier alpha value is -0.930. The highest BCUT2D eigenvalue weighted by Crippen LogP contribution is 2.16. The highest BCUT2D eigenvalue weighted by molar-refractivity contribution is 7.80. The lowest BCUT2D eigenvalue weighted by Gasteiger charge is -2.23. The van der Waals surface area contributed by atoms with Crippen molar-refractivity contribution in [3.63, 3.8) is 0 Å². The van der Waals surface area contributed by atoms with Crippen LogP contribution in [-0.4, -0.2) is 29.5 Å². The first-order chi connectivity index (χ1) is 8.16. The molecular weight excluding hydrogens is 228 g/mol. The van der Waals surface area contributed by atoms with Crippen molar-refractivity contribution in [1.29, 1.82) is 0 Å². The summed E-state index contributed by atoms with van der Waals surface area (Å²) in [6.45, 7) is 5.33. The Kier molecular flexibility index (Phi) is 4.13. The van der Waals surface area contributed by atoms with Crippen LogP contribution in [0.5, 0.6) is 0 Å². The fourth-order valence-electron chi connectivity index (χ4n) is 2.37. The number of hydrogen-bond acceptors (Lipinski definition) is 2. The van der Waals surface area contributed by atoms with E-state index in [1.165, 1.54) is 11.1 Å². The number of nitrogens with two attached hydrogens (primary N) is 1. The van der Waals surface area contributed by atoms with Gasteiger partial charge in [0, 0.05) is 25.6 Å². The minimum absolute atomic E-state index is 0.311.